The van der Waals surface area contributed by atoms with Gasteiger partial charge in [0.1, 0.15) is 10.5 Å². The number of anilines is 1. The lowest BCUT2D eigenvalue weighted by molar-refractivity contribution is -0.120. The van der Waals surface area contributed by atoms with Gasteiger partial charge in [-0.2, -0.15) is 4.31 Å². The molecule has 0 unspecified atom stereocenters. The number of rotatable bonds is 7. The summed E-state index contributed by atoms with van der Waals surface area (Å²) in [6.45, 7) is 9.65. The van der Waals surface area contributed by atoms with Gasteiger partial charge in [-0.25, -0.2) is 13.2 Å². The van der Waals surface area contributed by atoms with E-state index in [-0.39, 0.29) is 29.5 Å². The molecule has 8 nitrogen and oxygen atoms in total. The van der Waals surface area contributed by atoms with Crippen LogP contribution in [0.15, 0.2) is 29.2 Å². The minimum Gasteiger partial charge on any atom is -0.462 e. The molecule has 1 aromatic carbocycles. The first-order valence-corrected chi connectivity index (χ1v) is 12.8. The number of aryl methyl sites for hydroxylation is 2. The Balaban J connectivity index is 1.80. The predicted octanol–water partition coefficient (Wildman–Crippen LogP) is 3.97. The molecular weight excluding hydrogens is 442 g/mol. The van der Waals surface area contributed by atoms with Crippen molar-refractivity contribution >= 4 is 27.6 Å². The van der Waals surface area contributed by atoms with Gasteiger partial charge in [-0.1, -0.05) is 26.0 Å². The molecule has 0 saturated carbocycles. The van der Waals surface area contributed by atoms with Crippen LogP contribution in [0.1, 0.15) is 66.8 Å². The highest BCUT2D eigenvalue weighted by molar-refractivity contribution is 7.89. The van der Waals surface area contributed by atoms with Crippen LogP contribution < -0.4 is 5.32 Å². The lowest BCUT2D eigenvalue weighted by Gasteiger charge is -2.31. The third kappa shape index (κ3) is 5.30. The highest BCUT2D eigenvalue weighted by Crippen LogP contribution is 2.31. The molecule has 1 amide bonds. The summed E-state index contributed by atoms with van der Waals surface area (Å²) in [6, 6.07) is 7.68. The summed E-state index contributed by atoms with van der Waals surface area (Å²) in [5, 5.41) is 2.91. The Morgan fingerprint density at radius 1 is 1.18 bits per heavy atom. The molecule has 1 aromatic heterocycles. The van der Waals surface area contributed by atoms with E-state index in [0.29, 0.717) is 42.4 Å². The number of hydrogen-bond acceptors (Lipinski definition) is 5. The zero-order valence-electron chi connectivity index (χ0n) is 19.9. The lowest BCUT2D eigenvalue weighted by atomic mass is 9.98. The van der Waals surface area contributed by atoms with Crippen LogP contribution in [-0.4, -0.2) is 49.3 Å². The maximum absolute atomic E-state index is 13.5. The number of carbonyl (C=O) groups excluding carboxylic acids is 2. The van der Waals surface area contributed by atoms with Gasteiger partial charge < -0.3 is 15.0 Å². The number of hydrogen-bond donors (Lipinski definition) is 2. The maximum Gasteiger partial charge on any atom is 0.341 e. The fourth-order valence-electron chi connectivity index (χ4n) is 4.23. The molecule has 2 N–H and O–H groups in total. The molecule has 1 atom stereocenters. The van der Waals surface area contributed by atoms with E-state index in [1.165, 1.54) is 9.87 Å². The number of esters is 1. The summed E-state index contributed by atoms with van der Waals surface area (Å²) in [5.74, 6) is -0.967. The SMILES string of the molecule is CCOC(=O)c1c(C)[nH]c(C)c1S(=O)(=O)N1CCC[C@@H](C(=O)Nc2ccc(C(C)C)cc2)C1. The Bertz CT molecular complexity index is 1120. The third-order valence-electron chi connectivity index (χ3n) is 5.99. The van der Waals surface area contributed by atoms with Crippen molar-refractivity contribution in [2.45, 2.75) is 58.3 Å². The molecule has 1 fully saturated rings. The van der Waals surface area contributed by atoms with Gasteiger partial charge in [0.2, 0.25) is 15.9 Å². The predicted molar refractivity (Wildman–Crippen MR) is 127 cm³/mol. The molecule has 2 heterocycles. The zero-order valence-corrected chi connectivity index (χ0v) is 20.7. The summed E-state index contributed by atoms with van der Waals surface area (Å²) in [6.07, 6.45) is 1.15. The van der Waals surface area contributed by atoms with Crippen molar-refractivity contribution in [1.82, 2.24) is 9.29 Å². The molecule has 0 aliphatic carbocycles. The summed E-state index contributed by atoms with van der Waals surface area (Å²) in [4.78, 5) is 28.3. The number of piperidine rings is 1. The number of H-pyrrole nitrogens is 1. The molecule has 1 saturated heterocycles. The fourth-order valence-corrected chi connectivity index (χ4v) is 6.17. The molecule has 0 spiro atoms. The second-order valence-corrected chi connectivity index (χ2v) is 10.6. The van der Waals surface area contributed by atoms with Gasteiger partial charge in [0, 0.05) is 30.2 Å². The second kappa shape index (κ2) is 10.1. The van der Waals surface area contributed by atoms with Crippen molar-refractivity contribution in [2.75, 3.05) is 25.0 Å². The number of sulfonamides is 1. The largest absolute Gasteiger partial charge is 0.462 e. The molecule has 3 rings (SSSR count). The van der Waals surface area contributed by atoms with Crippen molar-refractivity contribution in [3.05, 3.63) is 46.8 Å². The van der Waals surface area contributed by atoms with E-state index >= 15 is 0 Å². The van der Waals surface area contributed by atoms with E-state index in [0.717, 1.165) is 0 Å². The van der Waals surface area contributed by atoms with Crippen molar-refractivity contribution in [3.8, 4) is 0 Å². The quantitative estimate of drug-likeness (QED) is 0.589. The normalized spacial score (nSPS) is 17.2. The van der Waals surface area contributed by atoms with E-state index < -0.39 is 21.9 Å². The summed E-state index contributed by atoms with van der Waals surface area (Å²) < 4.78 is 33.5. The standard InChI is InChI=1S/C24H33N3O5S/c1-6-32-24(29)21-16(4)25-17(5)22(21)33(30,31)27-13-7-8-19(14-27)23(28)26-20-11-9-18(10-12-20)15(2)3/h9-12,15,19,25H,6-8,13-14H2,1-5H3,(H,26,28)/t19-/m1/s1. The first kappa shape index (κ1) is 25.0. The smallest absolute Gasteiger partial charge is 0.341 e. The average Bonchev–Trinajstić information content (AvgIpc) is 3.08. The van der Waals surface area contributed by atoms with Crippen LogP contribution in [-0.2, 0) is 19.6 Å². The molecule has 2 aromatic rings. The highest BCUT2D eigenvalue weighted by Gasteiger charge is 2.38. The number of aromatic amines is 1. The van der Waals surface area contributed by atoms with Gasteiger partial charge in [0.05, 0.1) is 12.5 Å². The molecule has 9 heteroatoms. The molecule has 1 aliphatic rings. The Labute approximate surface area is 195 Å². The Hall–Kier alpha value is -2.65. The van der Waals surface area contributed by atoms with Gasteiger partial charge >= 0.3 is 5.97 Å². The highest BCUT2D eigenvalue weighted by atomic mass is 32.2. The van der Waals surface area contributed by atoms with Crippen LogP contribution in [0.25, 0.3) is 0 Å². The van der Waals surface area contributed by atoms with E-state index in [9.17, 15) is 18.0 Å². The van der Waals surface area contributed by atoms with Gasteiger partial charge in [0.25, 0.3) is 0 Å². The van der Waals surface area contributed by atoms with Gasteiger partial charge in [0.15, 0.2) is 0 Å². The van der Waals surface area contributed by atoms with Crippen molar-refractivity contribution in [1.29, 1.82) is 0 Å². The minimum absolute atomic E-state index is 0.0335. The second-order valence-electron chi connectivity index (χ2n) is 8.77. The molecule has 180 valence electrons. The first-order valence-electron chi connectivity index (χ1n) is 11.3. The molecular formula is C24H33N3O5S. The van der Waals surface area contributed by atoms with E-state index in [1.54, 1.807) is 20.8 Å². The van der Waals surface area contributed by atoms with Crippen molar-refractivity contribution in [3.63, 3.8) is 0 Å². The Morgan fingerprint density at radius 2 is 1.85 bits per heavy atom. The number of aromatic nitrogens is 1. The van der Waals surface area contributed by atoms with E-state index in [1.807, 2.05) is 24.3 Å². The van der Waals surface area contributed by atoms with Crippen LogP contribution >= 0.6 is 0 Å². The molecule has 0 bridgehead atoms. The average molecular weight is 476 g/mol. The fraction of sp³-hybridized carbons (Fsp3) is 0.500. The van der Waals surface area contributed by atoms with E-state index in [4.69, 9.17) is 4.74 Å². The minimum atomic E-state index is -4.00. The Morgan fingerprint density at radius 3 is 2.45 bits per heavy atom. The number of nitrogens with one attached hydrogen (secondary N) is 2. The number of benzene rings is 1. The van der Waals surface area contributed by atoms with Crippen LogP contribution in [0.5, 0.6) is 0 Å². The number of ether oxygens (including phenoxy) is 1. The summed E-state index contributed by atoms with van der Waals surface area (Å²) in [7, 11) is -4.00. The van der Waals surface area contributed by atoms with Gasteiger partial charge in [-0.05, 0) is 57.2 Å². The van der Waals surface area contributed by atoms with Crippen LogP contribution in [0, 0.1) is 19.8 Å². The monoisotopic (exact) mass is 475 g/mol. The van der Waals surface area contributed by atoms with Crippen LogP contribution in [0.4, 0.5) is 5.69 Å². The van der Waals surface area contributed by atoms with Crippen LogP contribution in [0.2, 0.25) is 0 Å². The number of carbonyl (C=O) groups is 2. The number of amides is 1. The molecule has 33 heavy (non-hydrogen) atoms. The Kier molecular flexibility index (Phi) is 7.64. The van der Waals surface area contributed by atoms with E-state index in [2.05, 4.69) is 24.1 Å². The number of nitrogens with zero attached hydrogens (tertiary/aromatic N) is 1. The topological polar surface area (TPSA) is 109 Å². The van der Waals surface area contributed by atoms with Crippen molar-refractivity contribution in [2.24, 2.45) is 5.92 Å². The summed E-state index contributed by atoms with van der Waals surface area (Å²) >= 11 is 0. The van der Waals surface area contributed by atoms with Crippen LogP contribution in [0.3, 0.4) is 0 Å². The molecule has 0 radical (unpaired) electrons. The first-order chi connectivity index (χ1) is 15.6. The van der Waals surface area contributed by atoms with Gasteiger partial charge in [-0.15, -0.1) is 0 Å². The zero-order chi connectivity index (χ0) is 24.3. The van der Waals surface area contributed by atoms with Crippen molar-refractivity contribution < 1.29 is 22.7 Å². The summed E-state index contributed by atoms with van der Waals surface area (Å²) in [5.41, 5.74) is 2.72. The lowest BCUT2D eigenvalue weighted by Crippen LogP contribution is -2.44. The molecule has 1 aliphatic heterocycles. The van der Waals surface area contributed by atoms with Gasteiger partial charge in [-0.3, -0.25) is 4.79 Å². The third-order valence-corrected chi connectivity index (χ3v) is 8.03. The maximum atomic E-state index is 13.5.